The molecule has 0 aliphatic rings. The second-order valence-corrected chi connectivity index (χ2v) is 4.18. The molecule has 2 heterocycles. The number of aryl methyl sites for hydroxylation is 1. The fourth-order valence-electron chi connectivity index (χ4n) is 1.99. The molecule has 1 N–H and O–H groups in total. The molecule has 3 aromatic rings. The van der Waals surface area contributed by atoms with Gasteiger partial charge in [-0.25, -0.2) is 4.98 Å². The van der Waals surface area contributed by atoms with E-state index < -0.39 is 0 Å². The van der Waals surface area contributed by atoms with Crippen LogP contribution in [0.25, 0.3) is 22.4 Å². The third-order valence-corrected chi connectivity index (χ3v) is 2.90. The fourth-order valence-corrected chi connectivity index (χ4v) is 1.99. The number of hydrogen-bond donors (Lipinski definition) is 1. The summed E-state index contributed by atoms with van der Waals surface area (Å²) >= 11 is 0. The molecular weight excluding hydrogens is 226 g/mol. The molecule has 4 heteroatoms. The zero-order chi connectivity index (χ0) is 12.5. The van der Waals surface area contributed by atoms with Crippen LogP contribution in [-0.4, -0.2) is 22.1 Å². The Bertz CT molecular complexity index is 703. The number of hydrogen-bond acceptors (Lipinski definition) is 3. The summed E-state index contributed by atoms with van der Waals surface area (Å²) in [5.74, 6) is 1.52. The van der Waals surface area contributed by atoms with Gasteiger partial charge in [-0.2, -0.15) is 0 Å². The summed E-state index contributed by atoms with van der Waals surface area (Å²) in [4.78, 5) is 11.9. The molecule has 4 nitrogen and oxygen atoms in total. The first-order chi connectivity index (χ1) is 8.78. The molecule has 3 rings (SSSR count). The van der Waals surface area contributed by atoms with Crippen LogP contribution in [-0.2, 0) is 0 Å². The van der Waals surface area contributed by atoms with Gasteiger partial charge >= 0.3 is 0 Å². The normalized spacial score (nSPS) is 10.8. The Kier molecular flexibility index (Phi) is 2.48. The highest BCUT2D eigenvalue weighted by molar-refractivity contribution is 5.81. The van der Waals surface area contributed by atoms with Crippen molar-refractivity contribution in [2.24, 2.45) is 0 Å². The van der Waals surface area contributed by atoms with Crippen LogP contribution in [0.3, 0.4) is 0 Å². The van der Waals surface area contributed by atoms with Crippen molar-refractivity contribution in [1.29, 1.82) is 0 Å². The van der Waals surface area contributed by atoms with Crippen LogP contribution in [0, 0.1) is 6.92 Å². The average Bonchev–Trinajstić information content (AvgIpc) is 2.81. The molecule has 0 aliphatic carbocycles. The van der Waals surface area contributed by atoms with Gasteiger partial charge in [0.25, 0.3) is 0 Å². The maximum absolute atomic E-state index is 5.30. The number of nitrogens with zero attached hydrogens (tertiary/aromatic N) is 2. The molecule has 1 aromatic carbocycles. The van der Waals surface area contributed by atoms with E-state index in [-0.39, 0.29) is 0 Å². The lowest BCUT2D eigenvalue weighted by Crippen LogP contribution is -1.89. The van der Waals surface area contributed by atoms with Crippen LogP contribution in [0.15, 0.2) is 36.7 Å². The van der Waals surface area contributed by atoms with Crippen LogP contribution in [0.1, 0.15) is 5.56 Å². The molecule has 0 fully saturated rings. The molecule has 0 aliphatic heterocycles. The number of rotatable bonds is 2. The summed E-state index contributed by atoms with van der Waals surface area (Å²) < 4.78 is 5.30. The first kappa shape index (κ1) is 10.8. The minimum absolute atomic E-state index is 0.716. The molecule has 0 atom stereocenters. The summed E-state index contributed by atoms with van der Waals surface area (Å²) in [5, 5.41) is 0. The summed E-state index contributed by atoms with van der Waals surface area (Å²) in [6, 6.07) is 8.04. The van der Waals surface area contributed by atoms with E-state index in [9.17, 15) is 0 Å². The highest BCUT2D eigenvalue weighted by Crippen LogP contribution is 2.28. The lowest BCUT2D eigenvalue weighted by atomic mass is 10.2. The topological polar surface area (TPSA) is 50.8 Å². The Hall–Kier alpha value is -2.36. The Balaban J connectivity index is 2.19. The van der Waals surface area contributed by atoms with E-state index in [1.54, 1.807) is 19.5 Å². The van der Waals surface area contributed by atoms with E-state index in [1.165, 1.54) is 5.56 Å². The number of aromatic nitrogens is 3. The highest BCUT2D eigenvalue weighted by Gasteiger charge is 2.10. The molecule has 0 unspecified atom stereocenters. The molecule has 0 spiro atoms. The number of imidazole rings is 1. The molecule has 0 bridgehead atoms. The molecule has 0 radical (unpaired) electrons. The van der Waals surface area contributed by atoms with E-state index in [4.69, 9.17) is 4.74 Å². The predicted octanol–water partition coefficient (Wildman–Crippen LogP) is 2.94. The summed E-state index contributed by atoms with van der Waals surface area (Å²) in [6.07, 6.45) is 3.42. The summed E-state index contributed by atoms with van der Waals surface area (Å²) in [7, 11) is 1.63. The van der Waals surface area contributed by atoms with E-state index >= 15 is 0 Å². The van der Waals surface area contributed by atoms with E-state index in [2.05, 4.69) is 34.0 Å². The van der Waals surface area contributed by atoms with Crippen molar-refractivity contribution in [1.82, 2.24) is 15.0 Å². The molecule has 0 amide bonds. The van der Waals surface area contributed by atoms with Crippen molar-refractivity contribution in [2.45, 2.75) is 6.92 Å². The number of pyridine rings is 1. The molecule has 0 saturated carbocycles. The number of H-pyrrole nitrogens is 1. The minimum Gasteiger partial charge on any atom is -0.494 e. The van der Waals surface area contributed by atoms with Crippen molar-refractivity contribution in [3.8, 4) is 17.1 Å². The smallest absolute Gasteiger partial charge is 0.148 e. The van der Waals surface area contributed by atoms with E-state index in [0.717, 1.165) is 22.4 Å². The van der Waals surface area contributed by atoms with Gasteiger partial charge in [0.15, 0.2) is 0 Å². The van der Waals surface area contributed by atoms with Crippen molar-refractivity contribution in [2.75, 3.05) is 7.11 Å². The number of methoxy groups -OCH3 is 1. The second-order valence-electron chi connectivity index (χ2n) is 4.18. The predicted molar refractivity (Wildman–Crippen MR) is 70.6 cm³/mol. The van der Waals surface area contributed by atoms with Gasteiger partial charge in [-0.15, -0.1) is 0 Å². The van der Waals surface area contributed by atoms with Crippen molar-refractivity contribution in [3.63, 3.8) is 0 Å². The van der Waals surface area contributed by atoms with Crippen molar-refractivity contribution >= 4 is 11.0 Å². The third-order valence-electron chi connectivity index (χ3n) is 2.90. The average molecular weight is 239 g/mol. The summed E-state index contributed by atoms with van der Waals surface area (Å²) in [6.45, 7) is 2.06. The summed E-state index contributed by atoms with van der Waals surface area (Å²) in [5.41, 5.74) is 4.11. The first-order valence-corrected chi connectivity index (χ1v) is 5.72. The first-order valence-electron chi connectivity index (χ1n) is 5.72. The Morgan fingerprint density at radius 3 is 2.94 bits per heavy atom. The maximum Gasteiger partial charge on any atom is 0.148 e. The number of nitrogens with one attached hydrogen (secondary N) is 1. The number of ether oxygens (including phenoxy) is 1. The number of fused-ring (bicyclic) bond motifs is 1. The van der Waals surface area contributed by atoms with Crippen LogP contribution in [0.2, 0.25) is 0 Å². The lowest BCUT2D eigenvalue weighted by molar-refractivity contribution is 0.414. The van der Waals surface area contributed by atoms with Crippen LogP contribution in [0.4, 0.5) is 0 Å². The van der Waals surface area contributed by atoms with Crippen molar-refractivity contribution in [3.05, 3.63) is 42.2 Å². The monoisotopic (exact) mass is 239 g/mol. The van der Waals surface area contributed by atoms with Gasteiger partial charge in [-0.1, -0.05) is 6.07 Å². The molecule has 18 heavy (non-hydrogen) atoms. The molecular formula is C14H13N3O. The standard InChI is InChI=1S/C14H13N3O/c1-9-3-4-11-12(7-9)17-14(16-11)10-5-6-15-8-13(10)18-2/h3-8H,1-2H3,(H,16,17). The Morgan fingerprint density at radius 1 is 1.22 bits per heavy atom. The minimum atomic E-state index is 0.716. The maximum atomic E-state index is 5.30. The zero-order valence-electron chi connectivity index (χ0n) is 10.3. The van der Waals surface area contributed by atoms with Gasteiger partial charge in [-0.05, 0) is 30.7 Å². The molecule has 2 aromatic heterocycles. The van der Waals surface area contributed by atoms with Gasteiger partial charge in [0, 0.05) is 6.20 Å². The fraction of sp³-hybridized carbons (Fsp3) is 0.143. The molecule has 90 valence electrons. The van der Waals surface area contributed by atoms with Gasteiger partial charge < -0.3 is 9.72 Å². The Morgan fingerprint density at radius 2 is 2.11 bits per heavy atom. The third kappa shape index (κ3) is 1.72. The van der Waals surface area contributed by atoms with Gasteiger partial charge in [0.1, 0.15) is 11.6 Å². The van der Waals surface area contributed by atoms with Gasteiger partial charge in [0.05, 0.1) is 29.9 Å². The Labute approximate surface area is 105 Å². The van der Waals surface area contributed by atoms with Crippen LogP contribution in [0.5, 0.6) is 5.75 Å². The van der Waals surface area contributed by atoms with Crippen LogP contribution >= 0.6 is 0 Å². The van der Waals surface area contributed by atoms with Crippen LogP contribution < -0.4 is 4.74 Å². The van der Waals surface area contributed by atoms with Gasteiger partial charge in [0.2, 0.25) is 0 Å². The van der Waals surface area contributed by atoms with Crippen molar-refractivity contribution < 1.29 is 4.74 Å². The van der Waals surface area contributed by atoms with E-state index in [1.807, 2.05) is 12.1 Å². The largest absolute Gasteiger partial charge is 0.494 e. The SMILES string of the molecule is COc1cnccc1-c1nc2ccc(C)cc2[nH]1. The quantitative estimate of drug-likeness (QED) is 0.748. The lowest BCUT2D eigenvalue weighted by Gasteiger charge is -2.03. The second kappa shape index (κ2) is 4.14. The zero-order valence-corrected chi connectivity index (χ0v) is 10.3. The molecule has 0 saturated heterocycles. The highest BCUT2D eigenvalue weighted by atomic mass is 16.5. The number of benzene rings is 1. The number of aromatic amines is 1. The van der Waals surface area contributed by atoms with E-state index in [0.29, 0.717) is 5.75 Å². The van der Waals surface area contributed by atoms with Gasteiger partial charge in [-0.3, -0.25) is 4.98 Å².